The van der Waals surface area contributed by atoms with Crippen molar-refractivity contribution in [2.45, 2.75) is 62.2 Å². The number of nitrogens with two attached hydrogens (primary N) is 1. The number of aliphatic hydroxyl groups excluding tert-OH is 1. The monoisotopic (exact) mass is 583 g/mol. The molecule has 2 fully saturated rings. The molecule has 40 heavy (non-hydrogen) atoms. The Kier molecular flexibility index (Phi) is 9.30. The second kappa shape index (κ2) is 12.4. The number of alkyl carbamates (subject to hydrolysis) is 1. The third kappa shape index (κ3) is 7.46. The van der Waals surface area contributed by atoms with E-state index in [1.807, 2.05) is 19.9 Å². The topological polar surface area (TPSA) is 140 Å². The molecule has 10 nitrogen and oxygen atoms in total. The van der Waals surface area contributed by atoms with Crippen LogP contribution in [0, 0.1) is 11.8 Å². The second-order valence-electron chi connectivity index (χ2n) is 10.6. The SMILES string of the molecule is CC(C)CN(C[C@@H](O)[C@H](Cc1ccccc1)NC(=O)O[C@H]1CO[C@@H]2OC(F)(F)C[C@@H]21)S(=O)(=O)c1ccc(N)cc1. The number of hydrogen-bond acceptors (Lipinski definition) is 8. The molecule has 2 aliphatic rings. The number of anilines is 1. The summed E-state index contributed by atoms with van der Waals surface area (Å²) in [4.78, 5) is 12.9. The van der Waals surface area contributed by atoms with Crippen LogP contribution in [0.25, 0.3) is 0 Å². The fourth-order valence-electron chi connectivity index (χ4n) is 4.85. The Morgan fingerprint density at radius 2 is 1.85 bits per heavy atom. The number of carbonyl (C=O) groups excluding carboxylic acids is 1. The summed E-state index contributed by atoms with van der Waals surface area (Å²) in [5.74, 6) is -0.895. The Labute approximate surface area is 232 Å². The summed E-state index contributed by atoms with van der Waals surface area (Å²) in [6.07, 6.45) is -8.27. The number of halogens is 2. The van der Waals surface area contributed by atoms with Crippen LogP contribution in [0.4, 0.5) is 19.3 Å². The van der Waals surface area contributed by atoms with Gasteiger partial charge in [0.05, 0.1) is 36.0 Å². The number of ether oxygens (including phenoxy) is 3. The van der Waals surface area contributed by atoms with Crippen molar-refractivity contribution in [1.29, 1.82) is 0 Å². The van der Waals surface area contributed by atoms with E-state index in [9.17, 15) is 27.1 Å². The number of nitrogen functional groups attached to an aromatic ring is 1. The molecule has 5 atom stereocenters. The van der Waals surface area contributed by atoms with Gasteiger partial charge in [0.2, 0.25) is 10.0 Å². The van der Waals surface area contributed by atoms with Crippen molar-refractivity contribution in [3.05, 3.63) is 60.2 Å². The van der Waals surface area contributed by atoms with E-state index in [-0.39, 0.29) is 36.9 Å². The average Bonchev–Trinajstić information content (AvgIpc) is 3.38. The molecule has 0 spiro atoms. The molecular formula is C27H35F2N3O7S. The molecule has 0 saturated carbocycles. The number of benzene rings is 2. The molecule has 2 aromatic rings. The van der Waals surface area contributed by atoms with Gasteiger partial charge in [-0.05, 0) is 42.2 Å². The second-order valence-corrected chi connectivity index (χ2v) is 12.5. The zero-order chi connectivity index (χ0) is 29.1. The van der Waals surface area contributed by atoms with Gasteiger partial charge in [-0.2, -0.15) is 13.1 Å². The van der Waals surface area contributed by atoms with Crippen molar-refractivity contribution in [2.75, 3.05) is 25.4 Å². The van der Waals surface area contributed by atoms with Crippen LogP contribution in [0.2, 0.25) is 0 Å². The Hall–Kier alpha value is -2.84. The van der Waals surface area contributed by atoms with Gasteiger partial charge in [0.25, 0.3) is 0 Å². The van der Waals surface area contributed by atoms with Gasteiger partial charge in [0.1, 0.15) is 6.10 Å². The Morgan fingerprint density at radius 1 is 1.18 bits per heavy atom. The van der Waals surface area contributed by atoms with Crippen LogP contribution in [0.3, 0.4) is 0 Å². The first-order valence-corrected chi connectivity index (χ1v) is 14.5. The van der Waals surface area contributed by atoms with Gasteiger partial charge >= 0.3 is 12.2 Å². The summed E-state index contributed by atoms with van der Waals surface area (Å²) in [7, 11) is -4.01. The third-order valence-electron chi connectivity index (χ3n) is 6.82. The van der Waals surface area contributed by atoms with Crippen molar-refractivity contribution < 1.29 is 41.3 Å². The van der Waals surface area contributed by atoms with E-state index in [0.29, 0.717) is 5.69 Å². The van der Waals surface area contributed by atoms with E-state index in [1.54, 1.807) is 24.3 Å². The van der Waals surface area contributed by atoms with Crippen LogP contribution in [0.5, 0.6) is 0 Å². The predicted octanol–water partition coefficient (Wildman–Crippen LogP) is 2.97. The number of fused-ring (bicyclic) bond motifs is 1. The zero-order valence-corrected chi connectivity index (χ0v) is 23.1. The average molecular weight is 584 g/mol. The van der Waals surface area contributed by atoms with Crippen molar-refractivity contribution in [2.24, 2.45) is 11.8 Å². The van der Waals surface area contributed by atoms with E-state index in [2.05, 4.69) is 10.1 Å². The molecule has 220 valence electrons. The lowest BCUT2D eigenvalue weighted by atomic mass is 10.0. The highest BCUT2D eigenvalue weighted by Crippen LogP contribution is 2.43. The van der Waals surface area contributed by atoms with Crippen LogP contribution in [-0.2, 0) is 30.7 Å². The van der Waals surface area contributed by atoms with Crippen molar-refractivity contribution >= 4 is 21.8 Å². The maximum Gasteiger partial charge on any atom is 0.407 e. The van der Waals surface area contributed by atoms with E-state index < -0.39 is 59.1 Å². The molecule has 2 aliphatic heterocycles. The Bertz CT molecular complexity index is 1250. The number of amides is 1. The fraction of sp³-hybridized carbons (Fsp3) is 0.519. The van der Waals surface area contributed by atoms with E-state index in [0.717, 1.165) is 5.56 Å². The lowest BCUT2D eigenvalue weighted by molar-refractivity contribution is -0.270. The van der Waals surface area contributed by atoms with Gasteiger partial charge in [-0.25, -0.2) is 13.2 Å². The largest absolute Gasteiger partial charge is 0.443 e. The van der Waals surface area contributed by atoms with Crippen LogP contribution < -0.4 is 11.1 Å². The first-order chi connectivity index (χ1) is 18.8. The van der Waals surface area contributed by atoms with Gasteiger partial charge in [-0.15, -0.1) is 0 Å². The maximum absolute atomic E-state index is 13.6. The highest BCUT2D eigenvalue weighted by atomic mass is 32.2. The molecule has 4 rings (SSSR count). The molecule has 0 unspecified atom stereocenters. The summed E-state index contributed by atoms with van der Waals surface area (Å²) < 4.78 is 70.6. The summed E-state index contributed by atoms with van der Waals surface area (Å²) in [5.41, 5.74) is 6.90. The molecule has 2 aromatic carbocycles. The number of rotatable bonds is 11. The van der Waals surface area contributed by atoms with Gasteiger partial charge in [0, 0.05) is 18.8 Å². The standard InChI is InChI=1S/C27H35F2N3O7S/c1-17(2)14-32(40(35,36)20-10-8-19(30)9-11-20)15-23(33)22(12-18-6-4-3-5-7-18)31-26(34)38-24-16-37-25-21(24)13-27(28,29)39-25/h3-11,17,21-25,33H,12-16,30H2,1-2H3,(H,31,34)/t21-,22+,23-,24+,25-/m1/s1. The number of alkyl halides is 2. The molecule has 0 aromatic heterocycles. The summed E-state index contributed by atoms with van der Waals surface area (Å²) >= 11 is 0. The third-order valence-corrected chi connectivity index (χ3v) is 8.66. The molecule has 0 bridgehead atoms. The van der Waals surface area contributed by atoms with Gasteiger partial charge in [0.15, 0.2) is 6.29 Å². The maximum atomic E-state index is 13.6. The molecule has 2 saturated heterocycles. The van der Waals surface area contributed by atoms with Gasteiger partial charge in [-0.1, -0.05) is 44.2 Å². The Morgan fingerprint density at radius 3 is 2.50 bits per heavy atom. The molecule has 2 heterocycles. The summed E-state index contributed by atoms with van der Waals surface area (Å²) in [6.45, 7) is 3.39. The molecule has 0 aliphatic carbocycles. The summed E-state index contributed by atoms with van der Waals surface area (Å²) in [6, 6.07) is 13.8. The van der Waals surface area contributed by atoms with Gasteiger partial charge < -0.3 is 25.6 Å². The Balaban J connectivity index is 1.50. The molecule has 0 radical (unpaired) electrons. The normalized spacial score (nSPS) is 23.6. The highest BCUT2D eigenvalue weighted by molar-refractivity contribution is 7.89. The quantitative estimate of drug-likeness (QED) is 0.343. The molecule has 13 heteroatoms. The number of nitrogens with one attached hydrogen (secondary N) is 1. The first kappa shape index (κ1) is 30.1. The number of carbonyl (C=O) groups is 1. The van der Waals surface area contributed by atoms with E-state index in [1.165, 1.54) is 28.6 Å². The number of hydrogen-bond donors (Lipinski definition) is 3. The lowest BCUT2D eigenvalue weighted by Crippen LogP contribution is -2.51. The number of nitrogens with zero attached hydrogens (tertiary/aromatic N) is 1. The predicted molar refractivity (Wildman–Crippen MR) is 142 cm³/mol. The minimum Gasteiger partial charge on any atom is -0.443 e. The molecule has 1 amide bonds. The smallest absolute Gasteiger partial charge is 0.407 e. The lowest BCUT2D eigenvalue weighted by Gasteiger charge is -2.31. The van der Waals surface area contributed by atoms with Crippen LogP contribution >= 0.6 is 0 Å². The van der Waals surface area contributed by atoms with Crippen LogP contribution in [0.15, 0.2) is 59.5 Å². The van der Waals surface area contributed by atoms with Crippen LogP contribution in [0.1, 0.15) is 25.8 Å². The summed E-state index contributed by atoms with van der Waals surface area (Å²) in [5, 5.41) is 13.9. The minimum absolute atomic E-state index is 0.0212. The van der Waals surface area contributed by atoms with Crippen molar-refractivity contribution in [3.8, 4) is 0 Å². The number of sulfonamides is 1. The van der Waals surface area contributed by atoms with Crippen LogP contribution in [-0.4, -0.2) is 74.3 Å². The highest BCUT2D eigenvalue weighted by Gasteiger charge is 2.56. The van der Waals surface area contributed by atoms with Gasteiger partial charge in [-0.3, -0.25) is 4.74 Å². The first-order valence-electron chi connectivity index (χ1n) is 13.1. The minimum atomic E-state index is -4.01. The molecular weight excluding hydrogens is 548 g/mol. The van der Waals surface area contributed by atoms with E-state index >= 15 is 0 Å². The number of aliphatic hydroxyl groups is 1. The molecule has 4 N–H and O–H groups in total. The van der Waals surface area contributed by atoms with Crippen molar-refractivity contribution in [3.63, 3.8) is 0 Å². The van der Waals surface area contributed by atoms with E-state index in [4.69, 9.17) is 15.2 Å². The van der Waals surface area contributed by atoms with Crippen molar-refractivity contribution in [1.82, 2.24) is 9.62 Å². The zero-order valence-electron chi connectivity index (χ0n) is 22.3. The fourth-order valence-corrected chi connectivity index (χ4v) is 6.47.